The molecule has 1 aromatic carbocycles. The number of amides is 2. The second-order valence-corrected chi connectivity index (χ2v) is 5.51. The number of carbonyl (C=O) groups is 2. The van der Waals surface area contributed by atoms with Gasteiger partial charge >= 0.3 is 0 Å². The molecule has 2 rings (SSSR count). The van der Waals surface area contributed by atoms with Crippen LogP contribution in [0.3, 0.4) is 0 Å². The van der Waals surface area contributed by atoms with Crippen molar-refractivity contribution >= 4 is 17.5 Å². The number of benzene rings is 1. The summed E-state index contributed by atoms with van der Waals surface area (Å²) >= 11 is 0. The van der Waals surface area contributed by atoms with Crippen LogP contribution in [0.15, 0.2) is 24.3 Å². The molecule has 1 heterocycles. The molecule has 5 heteroatoms. The zero-order valence-electron chi connectivity index (χ0n) is 12.8. The number of fused-ring (bicyclic) bond motifs is 1. The Morgan fingerprint density at radius 2 is 2.14 bits per heavy atom. The maximum atomic E-state index is 12.1. The van der Waals surface area contributed by atoms with Gasteiger partial charge in [-0.2, -0.15) is 0 Å². The predicted molar refractivity (Wildman–Crippen MR) is 83.2 cm³/mol. The molecule has 0 saturated carbocycles. The Balaban J connectivity index is 1.90. The van der Waals surface area contributed by atoms with Crippen LogP contribution in [0.25, 0.3) is 0 Å². The highest BCUT2D eigenvalue weighted by Gasteiger charge is 2.25. The van der Waals surface area contributed by atoms with Gasteiger partial charge in [-0.25, -0.2) is 0 Å². The van der Waals surface area contributed by atoms with Crippen LogP contribution >= 0.6 is 0 Å². The van der Waals surface area contributed by atoms with E-state index in [9.17, 15) is 9.59 Å². The molecule has 1 aromatic rings. The van der Waals surface area contributed by atoms with Crippen LogP contribution in [0.4, 0.5) is 5.69 Å². The van der Waals surface area contributed by atoms with E-state index >= 15 is 0 Å². The summed E-state index contributed by atoms with van der Waals surface area (Å²) in [5, 5.41) is 6.10. The molecule has 2 atom stereocenters. The molecule has 114 valence electrons. The molecule has 0 aromatic heterocycles. The van der Waals surface area contributed by atoms with E-state index in [1.54, 1.807) is 18.9 Å². The van der Waals surface area contributed by atoms with Gasteiger partial charge in [-0.3, -0.25) is 9.59 Å². The maximum absolute atomic E-state index is 12.1. The van der Waals surface area contributed by atoms with E-state index in [4.69, 9.17) is 0 Å². The van der Waals surface area contributed by atoms with Crippen molar-refractivity contribution in [3.63, 3.8) is 0 Å². The van der Waals surface area contributed by atoms with Crippen molar-refractivity contribution in [2.75, 3.05) is 25.5 Å². The molecular weight excluding hydrogens is 266 g/mol. The van der Waals surface area contributed by atoms with Crippen LogP contribution in [0.2, 0.25) is 0 Å². The van der Waals surface area contributed by atoms with Crippen molar-refractivity contribution in [2.24, 2.45) is 0 Å². The predicted octanol–water partition coefficient (Wildman–Crippen LogP) is 1.57. The number of carbonyl (C=O) groups excluding carboxylic acids is 2. The van der Waals surface area contributed by atoms with Gasteiger partial charge in [-0.15, -0.1) is 0 Å². The third kappa shape index (κ3) is 3.54. The SMILES string of the molecule is CCN(C)C(=O)C(C)NC(=O)CC1CNc2ccccc21. The Hall–Kier alpha value is -2.04. The Labute approximate surface area is 125 Å². The molecule has 21 heavy (non-hydrogen) atoms. The molecule has 2 N–H and O–H groups in total. The van der Waals surface area contributed by atoms with Gasteiger partial charge in [0.05, 0.1) is 0 Å². The van der Waals surface area contributed by atoms with Gasteiger partial charge in [0.25, 0.3) is 0 Å². The number of anilines is 1. The van der Waals surface area contributed by atoms with E-state index < -0.39 is 6.04 Å². The fourth-order valence-electron chi connectivity index (χ4n) is 2.61. The van der Waals surface area contributed by atoms with Crippen molar-refractivity contribution in [3.05, 3.63) is 29.8 Å². The summed E-state index contributed by atoms with van der Waals surface area (Å²) in [6.45, 7) is 5.05. The van der Waals surface area contributed by atoms with Crippen LogP contribution in [0.5, 0.6) is 0 Å². The van der Waals surface area contributed by atoms with Gasteiger partial charge in [-0.1, -0.05) is 18.2 Å². The highest BCUT2D eigenvalue weighted by molar-refractivity contribution is 5.87. The lowest BCUT2D eigenvalue weighted by Crippen LogP contribution is -2.45. The summed E-state index contributed by atoms with van der Waals surface area (Å²) in [7, 11) is 1.74. The highest BCUT2D eigenvalue weighted by Crippen LogP contribution is 2.32. The number of nitrogens with zero attached hydrogens (tertiary/aromatic N) is 1. The first kappa shape index (κ1) is 15.4. The van der Waals surface area contributed by atoms with Gasteiger partial charge in [0.15, 0.2) is 0 Å². The number of likely N-dealkylation sites (N-methyl/N-ethyl adjacent to an activating group) is 1. The fraction of sp³-hybridized carbons (Fsp3) is 0.500. The van der Waals surface area contributed by atoms with Crippen LogP contribution in [0, 0.1) is 0 Å². The normalized spacial score (nSPS) is 17.6. The van der Waals surface area contributed by atoms with Crippen molar-refractivity contribution in [3.8, 4) is 0 Å². The zero-order valence-corrected chi connectivity index (χ0v) is 12.8. The number of hydrogen-bond donors (Lipinski definition) is 2. The molecule has 5 nitrogen and oxygen atoms in total. The molecule has 2 unspecified atom stereocenters. The summed E-state index contributed by atoms with van der Waals surface area (Å²) < 4.78 is 0. The topological polar surface area (TPSA) is 61.4 Å². The zero-order chi connectivity index (χ0) is 15.4. The summed E-state index contributed by atoms with van der Waals surface area (Å²) in [6.07, 6.45) is 0.400. The second kappa shape index (κ2) is 6.61. The minimum absolute atomic E-state index is 0.0594. The number of hydrogen-bond acceptors (Lipinski definition) is 3. The molecular formula is C16H23N3O2. The number of rotatable bonds is 5. The van der Waals surface area contributed by atoms with Crippen molar-refractivity contribution in [2.45, 2.75) is 32.2 Å². The van der Waals surface area contributed by atoms with E-state index in [0.717, 1.165) is 12.2 Å². The summed E-state index contributed by atoms with van der Waals surface area (Å²) in [5.41, 5.74) is 2.28. The van der Waals surface area contributed by atoms with E-state index in [0.29, 0.717) is 13.0 Å². The molecule has 1 aliphatic heterocycles. The van der Waals surface area contributed by atoms with E-state index in [1.807, 2.05) is 31.2 Å². The minimum atomic E-state index is -0.480. The standard InChI is InChI=1S/C16H23N3O2/c1-4-19(3)16(21)11(2)18-15(20)9-12-10-17-14-8-6-5-7-13(12)14/h5-8,11-12,17H,4,9-10H2,1-3H3,(H,18,20). The lowest BCUT2D eigenvalue weighted by atomic mass is 9.97. The van der Waals surface area contributed by atoms with Gasteiger partial charge in [0, 0.05) is 38.2 Å². The Morgan fingerprint density at radius 3 is 2.86 bits per heavy atom. The first-order valence-electron chi connectivity index (χ1n) is 7.40. The molecule has 1 aliphatic rings. The average Bonchev–Trinajstić information content (AvgIpc) is 2.88. The van der Waals surface area contributed by atoms with Crippen LogP contribution in [0.1, 0.15) is 31.7 Å². The quantitative estimate of drug-likeness (QED) is 0.865. The van der Waals surface area contributed by atoms with E-state index in [-0.39, 0.29) is 17.7 Å². The van der Waals surface area contributed by atoms with Crippen molar-refractivity contribution in [1.29, 1.82) is 0 Å². The molecule has 2 amide bonds. The van der Waals surface area contributed by atoms with Gasteiger partial charge < -0.3 is 15.5 Å². The smallest absolute Gasteiger partial charge is 0.244 e. The average molecular weight is 289 g/mol. The van der Waals surface area contributed by atoms with Gasteiger partial charge in [0.1, 0.15) is 6.04 Å². The Bertz CT molecular complexity index is 530. The molecule has 0 bridgehead atoms. The van der Waals surface area contributed by atoms with E-state index in [1.165, 1.54) is 5.56 Å². The van der Waals surface area contributed by atoms with Gasteiger partial charge in [0.2, 0.25) is 11.8 Å². The summed E-state index contributed by atoms with van der Waals surface area (Å²) in [6, 6.07) is 7.56. The van der Waals surface area contributed by atoms with Crippen molar-refractivity contribution in [1.82, 2.24) is 10.2 Å². The van der Waals surface area contributed by atoms with Crippen LogP contribution in [-0.2, 0) is 9.59 Å². The third-order valence-corrected chi connectivity index (χ3v) is 3.97. The number of para-hydroxylation sites is 1. The van der Waals surface area contributed by atoms with Crippen LogP contribution in [-0.4, -0.2) is 42.9 Å². The summed E-state index contributed by atoms with van der Waals surface area (Å²) in [4.78, 5) is 25.7. The number of nitrogens with one attached hydrogen (secondary N) is 2. The lowest BCUT2D eigenvalue weighted by Gasteiger charge is -2.21. The third-order valence-electron chi connectivity index (χ3n) is 3.97. The largest absolute Gasteiger partial charge is 0.384 e. The maximum Gasteiger partial charge on any atom is 0.244 e. The Kier molecular flexibility index (Phi) is 4.83. The molecule has 0 spiro atoms. The monoisotopic (exact) mass is 289 g/mol. The van der Waals surface area contributed by atoms with E-state index in [2.05, 4.69) is 10.6 Å². The highest BCUT2D eigenvalue weighted by atomic mass is 16.2. The molecule has 0 fully saturated rings. The lowest BCUT2D eigenvalue weighted by molar-refractivity contribution is -0.134. The second-order valence-electron chi connectivity index (χ2n) is 5.51. The molecule has 0 saturated heterocycles. The van der Waals surface area contributed by atoms with Crippen molar-refractivity contribution < 1.29 is 9.59 Å². The Morgan fingerprint density at radius 1 is 1.43 bits per heavy atom. The van der Waals surface area contributed by atoms with Gasteiger partial charge in [-0.05, 0) is 25.5 Å². The molecule has 0 radical (unpaired) electrons. The van der Waals surface area contributed by atoms with Crippen LogP contribution < -0.4 is 10.6 Å². The summed E-state index contributed by atoms with van der Waals surface area (Å²) in [5.74, 6) is 0.0343. The fourth-order valence-corrected chi connectivity index (χ4v) is 2.61. The first-order valence-corrected chi connectivity index (χ1v) is 7.40. The first-order chi connectivity index (χ1) is 10.0. The molecule has 0 aliphatic carbocycles. The minimum Gasteiger partial charge on any atom is -0.384 e.